The Hall–Kier alpha value is -1.08. The van der Waals surface area contributed by atoms with Crippen LogP contribution in [0.25, 0.3) is 0 Å². The standard InChI is InChI=1S/C14H18ClN/c1-3-5-6-14(16-11-4-2)12-7-9-13(15)10-8-12/h4,7-11H,3,5-6H2,1-2H3/b11-4-,16-14+. The molecule has 0 aliphatic carbocycles. The minimum atomic E-state index is 0.768. The van der Waals surface area contributed by atoms with Gasteiger partial charge in [-0.25, -0.2) is 0 Å². The molecule has 0 amide bonds. The molecule has 0 aromatic heterocycles. The summed E-state index contributed by atoms with van der Waals surface area (Å²) >= 11 is 5.87. The molecule has 0 radical (unpaired) electrons. The fraction of sp³-hybridized carbons (Fsp3) is 0.357. The molecule has 0 saturated heterocycles. The van der Waals surface area contributed by atoms with Gasteiger partial charge in [-0.2, -0.15) is 0 Å². The largest absolute Gasteiger partial charge is 0.261 e. The Balaban J connectivity index is 2.87. The molecule has 0 spiro atoms. The zero-order valence-corrected chi connectivity index (χ0v) is 10.7. The van der Waals surface area contributed by atoms with E-state index < -0.39 is 0 Å². The second-order valence-electron chi connectivity index (χ2n) is 3.67. The maximum absolute atomic E-state index is 5.87. The topological polar surface area (TPSA) is 12.4 Å². The molecule has 2 heteroatoms. The first-order valence-corrected chi connectivity index (χ1v) is 6.09. The first kappa shape index (κ1) is 13.0. The number of rotatable bonds is 5. The van der Waals surface area contributed by atoms with Gasteiger partial charge in [0, 0.05) is 16.9 Å². The van der Waals surface area contributed by atoms with E-state index >= 15 is 0 Å². The highest BCUT2D eigenvalue weighted by Crippen LogP contribution is 2.13. The van der Waals surface area contributed by atoms with Gasteiger partial charge in [0.05, 0.1) is 0 Å². The second kappa shape index (κ2) is 7.24. The monoisotopic (exact) mass is 235 g/mol. The first-order valence-electron chi connectivity index (χ1n) is 5.71. The van der Waals surface area contributed by atoms with E-state index in [4.69, 9.17) is 11.6 Å². The van der Waals surface area contributed by atoms with Crippen LogP contribution in [0.5, 0.6) is 0 Å². The molecule has 1 rings (SSSR count). The van der Waals surface area contributed by atoms with Gasteiger partial charge < -0.3 is 0 Å². The summed E-state index contributed by atoms with van der Waals surface area (Å²) < 4.78 is 0. The van der Waals surface area contributed by atoms with E-state index in [0.717, 1.165) is 22.7 Å². The average molecular weight is 236 g/mol. The number of hydrogen-bond acceptors (Lipinski definition) is 1. The van der Waals surface area contributed by atoms with Crippen molar-refractivity contribution in [3.05, 3.63) is 47.1 Å². The number of hydrogen-bond donors (Lipinski definition) is 0. The predicted octanol–water partition coefficient (Wildman–Crippen LogP) is 4.85. The van der Waals surface area contributed by atoms with Crippen molar-refractivity contribution in [2.24, 2.45) is 4.99 Å². The summed E-state index contributed by atoms with van der Waals surface area (Å²) in [6.45, 7) is 4.16. The molecule has 0 bridgehead atoms. The Bertz CT molecular complexity index is 363. The molecule has 86 valence electrons. The van der Waals surface area contributed by atoms with Crippen molar-refractivity contribution >= 4 is 17.3 Å². The summed E-state index contributed by atoms with van der Waals surface area (Å²) in [7, 11) is 0. The molecule has 0 fully saturated rings. The van der Waals surface area contributed by atoms with Crippen LogP contribution in [0.4, 0.5) is 0 Å². The number of aliphatic imine (C=N–C) groups is 1. The Labute approximate surface area is 103 Å². The molecule has 0 heterocycles. The third-order valence-electron chi connectivity index (χ3n) is 2.32. The summed E-state index contributed by atoms with van der Waals surface area (Å²) in [5.74, 6) is 0. The van der Waals surface area contributed by atoms with Crippen LogP contribution >= 0.6 is 11.6 Å². The number of allylic oxidation sites excluding steroid dienone is 1. The molecular formula is C14H18ClN. The minimum Gasteiger partial charge on any atom is -0.261 e. The van der Waals surface area contributed by atoms with Crippen molar-refractivity contribution in [1.29, 1.82) is 0 Å². The molecular weight excluding hydrogens is 218 g/mol. The Morgan fingerprint density at radius 2 is 2.00 bits per heavy atom. The lowest BCUT2D eigenvalue weighted by molar-refractivity contribution is 0.835. The molecule has 1 aromatic carbocycles. The van der Waals surface area contributed by atoms with E-state index in [-0.39, 0.29) is 0 Å². The summed E-state index contributed by atoms with van der Waals surface area (Å²) in [6, 6.07) is 7.88. The fourth-order valence-corrected chi connectivity index (χ4v) is 1.56. The number of unbranched alkanes of at least 4 members (excludes halogenated alkanes) is 1. The van der Waals surface area contributed by atoms with Crippen LogP contribution in [0.2, 0.25) is 5.02 Å². The third kappa shape index (κ3) is 4.19. The van der Waals surface area contributed by atoms with Crippen molar-refractivity contribution in [3.63, 3.8) is 0 Å². The lowest BCUT2D eigenvalue weighted by Gasteiger charge is -2.05. The summed E-state index contributed by atoms with van der Waals surface area (Å²) in [6.07, 6.45) is 7.16. The molecule has 0 saturated carbocycles. The van der Waals surface area contributed by atoms with Gasteiger partial charge in [-0.3, -0.25) is 4.99 Å². The highest BCUT2D eigenvalue weighted by Gasteiger charge is 2.02. The van der Waals surface area contributed by atoms with Crippen molar-refractivity contribution in [2.75, 3.05) is 0 Å². The van der Waals surface area contributed by atoms with Crippen LogP contribution in [0.1, 0.15) is 38.7 Å². The SMILES string of the molecule is C/C=C\N=C(/CCCC)c1ccc(Cl)cc1. The molecule has 0 atom stereocenters. The van der Waals surface area contributed by atoms with Gasteiger partial charge in [-0.1, -0.05) is 43.2 Å². The van der Waals surface area contributed by atoms with Crippen molar-refractivity contribution < 1.29 is 0 Å². The van der Waals surface area contributed by atoms with Gasteiger partial charge in [-0.05, 0) is 37.5 Å². The van der Waals surface area contributed by atoms with Gasteiger partial charge in [0.25, 0.3) is 0 Å². The third-order valence-corrected chi connectivity index (χ3v) is 2.58. The molecule has 0 aliphatic rings. The maximum atomic E-state index is 5.87. The highest BCUT2D eigenvalue weighted by molar-refractivity contribution is 6.30. The van der Waals surface area contributed by atoms with E-state index in [9.17, 15) is 0 Å². The van der Waals surface area contributed by atoms with E-state index in [0.29, 0.717) is 0 Å². The van der Waals surface area contributed by atoms with Gasteiger partial charge in [-0.15, -0.1) is 0 Å². The maximum Gasteiger partial charge on any atom is 0.0475 e. The van der Waals surface area contributed by atoms with E-state index in [1.54, 1.807) is 0 Å². The molecule has 0 unspecified atom stereocenters. The van der Waals surface area contributed by atoms with Crippen LogP contribution in [-0.2, 0) is 0 Å². The fourth-order valence-electron chi connectivity index (χ4n) is 1.43. The average Bonchev–Trinajstić information content (AvgIpc) is 2.31. The predicted molar refractivity (Wildman–Crippen MR) is 72.3 cm³/mol. The quantitative estimate of drug-likeness (QED) is 0.647. The Kier molecular flexibility index (Phi) is 5.87. The second-order valence-corrected chi connectivity index (χ2v) is 4.11. The summed E-state index contributed by atoms with van der Waals surface area (Å²) in [4.78, 5) is 4.47. The number of nitrogens with zero attached hydrogens (tertiary/aromatic N) is 1. The Morgan fingerprint density at radius 3 is 2.56 bits per heavy atom. The van der Waals surface area contributed by atoms with E-state index in [1.807, 2.05) is 43.5 Å². The molecule has 0 aliphatic heterocycles. The minimum absolute atomic E-state index is 0.768. The normalized spacial score (nSPS) is 12.3. The van der Waals surface area contributed by atoms with Gasteiger partial charge in [0.1, 0.15) is 0 Å². The van der Waals surface area contributed by atoms with Crippen LogP contribution in [-0.4, -0.2) is 5.71 Å². The zero-order valence-electron chi connectivity index (χ0n) is 9.91. The smallest absolute Gasteiger partial charge is 0.0475 e. The van der Waals surface area contributed by atoms with Crippen LogP contribution in [0.3, 0.4) is 0 Å². The van der Waals surface area contributed by atoms with Gasteiger partial charge in [0.15, 0.2) is 0 Å². The lowest BCUT2D eigenvalue weighted by Crippen LogP contribution is -2.00. The van der Waals surface area contributed by atoms with Crippen molar-refractivity contribution in [1.82, 2.24) is 0 Å². The van der Waals surface area contributed by atoms with Crippen molar-refractivity contribution in [2.45, 2.75) is 33.1 Å². The van der Waals surface area contributed by atoms with Crippen LogP contribution < -0.4 is 0 Å². The summed E-state index contributed by atoms with van der Waals surface area (Å²) in [5.41, 5.74) is 2.30. The summed E-state index contributed by atoms with van der Waals surface area (Å²) in [5, 5.41) is 0.768. The van der Waals surface area contributed by atoms with E-state index in [1.165, 1.54) is 12.8 Å². The number of benzene rings is 1. The molecule has 1 aromatic rings. The van der Waals surface area contributed by atoms with Gasteiger partial charge >= 0.3 is 0 Å². The van der Waals surface area contributed by atoms with Gasteiger partial charge in [0.2, 0.25) is 0 Å². The molecule has 0 N–H and O–H groups in total. The Morgan fingerprint density at radius 1 is 1.31 bits per heavy atom. The molecule has 16 heavy (non-hydrogen) atoms. The van der Waals surface area contributed by atoms with Crippen molar-refractivity contribution in [3.8, 4) is 0 Å². The molecule has 1 nitrogen and oxygen atoms in total. The van der Waals surface area contributed by atoms with Crippen LogP contribution in [0, 0.1) is 0 Å². The van der Waals surface area contributed by atoms with Crippen LogP contribution in [0.15, 0.2) is 41.5 Å². The number of halogens is 1. The van der Waals surface area contributed by atoms with E-state index in [2.05, 4.69) is 11.9 Å². The lowest BCUT2D eigenvalue weighted by atomic mass is 10.0. The zero-order chi connectivity index (χ0) is 11.8. The first-order chi connectivity index (χ1) is 7.77. The highest BCUT2D eigenvalue weighted by atomic mass is 35.5.